The Bertz CT molecular complexity index is 460. The predicted octanol–water partition coefficient (Wildman–Crippen LogP) is 2.84. The maximum absolute atomic E-state index is 12.3. The summed E-state index contributed by atoms with van der Waals surface area (Å²) in [5.74, 6) is -0.697. The van der Waals surface area contributed by atoms with E-state index in [2.05, 4.69) is 15.9 Å². The smallest absolute Gasteiger partial charge is 0.303 e. The van der Waals surface area contributed by atoms with E-state index in [0.29, 0.717) is 11.4 Å². The zero-order valence-corrected chi connectivity index (χ0v) is 12.2. The van der Waals surface area contributed by atoms with Gasteiger partial charge < -0.3 is 10.0 Å². The van der Waals surface area contributed by atoms with Crippen LogP contribution < -0.4 is 0 Å². The van der Waals surface area contributed by atoms with Gasteiger partial charge in [-0.05, 0) is 46.1 Å². The first-order valence-corrected chi connectivity index (χ1v) is 7.49. The highest BCUT2D eigenvalue weighted by molar-refractivity contribution is 9.10. The van der Waals surface area contributed by atoms with Gasteiger partial charge in [-0.25, -0.2) is 0 Å². The number of carbonyl (C=O) groups is 2. The summed E-state index contributed by atoms with van der Waals surface area (Å²) < 4.78 is 0.817. The molecule has 1 saturated heterocycles. The van der Waals surface area contributed by atoms with Gasteiger partial charge in [-0.15, -0.1) is 11.3 Å². The molecule has 1 aromatic rings. The summed E-state index contributed by atoms with van der Waals surface area (Å²) in [5, 5.41) is 10.7. The molecule has 1 aliphatic heterocycles. The van der Waals surface area contributed by atoms with Crippen molar-refractivity contribution < 1.29 is 14.7 Å². The number of carboxylic acids is 1. The van der Waals surface area contributed by atoms with Crippen LogP contribution in [0.5, 0.6) is 0 Å². The van der Waals surface area contributed by atoms with Crippen molar-refractivity contribution in [2.75, 3.05) is 13.1 Å². The summed E-state index contributed by atoms with van der Waals surface area (Å²) in [4.78, 5) is 25.5. The van der Waals surface area contributed by atoms with Gasteiger partial charge in [0, 0.05) is 24.0 Å². The second-order valence-corrected chi connectivity index (χ2v) is 6.23. The Balaban J connectivity index is 2.03. The molecule has 1 unspecified atom stereocenters. The van der Waals surface area contributed by atoms with Crippen molar-refractivity contribution in [3.8, 4) is 0 Å². The van der Waals surface area contributed by atoms with Crippen LogP contribution in [-0.2, 0) is 4.79 Å². The third kappa shape index (κ3) is 3.11. The van der Waals surface area contributed by atoms with Gasteiger partial charge in [0.2, 0.25) is 0 Å². The zero-order chi connectivity index (χ0) is 13.1. The number of carboxylic acid groups (broad SMARTS) is 1. The van der Waals surface area contributed by atoms with Crippen LogP contribution in [0.4, 0.5) is 0 Å². The molecule has 6 heteroatoms. The van der Waals surface area contributed by atoms with Crippen LogP contribution in [-0.4, -0.2) is 35.0 Å². The molecule has 2 rings (SSSR count). The lowest BCUT2D eigenvalue weighted by Crippen LogP contribution is -2.40. The van der Waals surface area contributed by atoms with Crippen molar-refractivity contribution in [2.24, 2.45) is 5.92 Å². The monoisotopic (exact) mass is 331 g/mol. The van der Waals surface area contributed by atoms with Gasteiger partial charge in [-0.3, -0.25) is 9.59 Å². The normalized spacial score (nSPS) is 19.8. The lowest BCUT2D eigenvalue weighted by molar-refractivity contribution is -0.138. The molecule has 18 heavy (non-hydrogen) atoms. The number of aliphatic carboxylic acids is 1. The van der Waals surface area contributed by atoms with Crippen LogP contribution in [0.1, 0.15) is 28.9 Å². The molecule has 4 nitrogen and oxygen atoms in total. The fourth-order valence-electron chi connectivity index (χ4n) is 2.25. The van der Waals surface area contributed by atoms with Crippen LogP contribution in [0.15, 0.2) is 15.9 Å². The Morgan fingerprint density at radius 1 is 1.56 bits per heavy atom. The number of halogens is 1. The van der Waals surface area contributed by atoms with Crippen molar-refractivity contribution in [3.63, 3.8) is 0 Å². The van der Waals surface area contributed by atoms with Gasteiger partial charge in [-0.2, -0.15) is 0 Å². The lowest BCUT2D eigenvalue weighted by atomic mass is 9.95. The standard InChI is InChI=1S/C12H14BrNO3S/c13-9-3-5-18-11(9)12(17)14-4-1-2-8(7-14)6-10(15)16/h3,5,8H,1-2,4,6-7H2,(H,15,16). The molecule has 1 aliphatic rings. The van der Waals surface area contributed by atoms with E-state index in [0.717, 1.165) is 23.9 Å². The fourth-order valence-corrected chi connectivity index (χ4v) is 3.76. The third-order valence-electron chi connectivity index (χ3n) is 3.08. The van der Waals surface area contributed by atoms with E-state index < -0.39 is 5.97 Å². The van der Waals surface area contributed by atoms with Crippen LogP contribution in [0.25, 0.3) is 0 Å². The molecule has 1 atom stereocenters. The van der Waals surface area contributed by atoms with Gasteiger partial charge in [-0.1, -0.05) is 0 Å². The van der Waals surface area contributed by atoms with Gasteiger partial charge in [0.1, 0.15) is 4.88 Å². The number of thiophene rings is 1. The summed E-state index contributed by atoms with van der Waals surface area (Å²) in [7, 11) is 0. The van der Waals surface area contributed by atoms with Crippen molar-refractivity contribution >= 4 is 39.1 Å². The molecule has 0 bridgehead atoms. The number of amides is 1. The lowest BCUT2D eigenvalue weighted by Gasteiger charge is -2.31. The summed E-state index contributed by atoms with van der Waals surface area (Å²) in [6.07, 6.45) is 1.92. The van der Waals surface area contributed by atoms with E-state index in [9.17, 15) is 9.59 Å². The summed E-state index contributed by atoms with van der Waals surface area (Å²) in [6, 6.07) is 1.86. The Morgan fingerprint density at radius 3 is 2.94 bits per heavy atom. The molecule has 0 saturated carbocycles. The molecule has 1 amide bonds. The van der Waals surface area contributed by atoms with E-state index >= 15 is 0 Å². The van der Waals surface area contributed by atoms with Gasteiger partial charge in [0.05, 0.1) is 0 Å². The molecule has 0 aliphatic carbocycles. The van der Waals surface area contributed by atoms with Gasteiger partial charge in [0.25, 0.3) is 5.91 Å². The van der Waals surface area contributed by atoms with Crippen LogP contribution in [0.2, 0.25) is 0 Å². The van der Waals surface area contributed by atoms with E-state index in [1.807, 2.05) is 11.4 Å². The maximum Gasteiger partial charge on any atom is 0.303 e. The maximum atomic E-state index is 12.3. The number of carbonyl (C=O) groups excluding carboxylic acids is 1. The van der Waals surface area contributed by atoms with Crippen LogP contribution in [0, 0.1) is 5.92 Å². The van der Waals surface area contributed by atoms with Crippen LogP contribution >= 0.6 is 27.3 Å². The molecule has 98 valence electrons. The topological polar surface area (TPSA) is 57.6 Å². The summed E-state index contributed by atoms with van der Waals surface area (Å²) >= 11 is 4.77. The van der Waals surface area contributed by atoms with Crippen molar-refractivity contribution in [2.45, 2.75) is 19.3 Å². The van der Waals surface area contributed by atoms with E-state index in [1.54, 1.807) is 4.90 Å². The molecule has 1 fully saturated rings. The number of hydrogen-bond acceptors (Lipinski definition) is 3. The minimum Gasteiger partial charge on any atom is -0.481 e. The van der Waals surface area contributed by atoms with Crippen molar-refractivity contribution in [1.29, 1.82) is 0 Å². The first kappa shape index (κ1) is 13.5. The van der Waals surface area contributed by atoms with Crippen molar-refractivity contribution in [1.82, 2.24) is 4.90 Å². The van der Waals surface area contributed by atoms with Crippen LogP contribution in [0.3, 0.4) is 0 Å². The molecule has 0 aromatic carbocycles. The molecular formula is C12H14BrNO3S. The van der Waals surface area contributed by atoms with E-state index in [1.165, 1.54) is 11.3 Å². The van der Waals surface area contributed by atoms with E-state index in [-0.39, 0.29) is 18.2 Å². The average molecular weight is 332 g/mol. The minimum absolute atomic E-state index is 0.00645. The van der Waals surface area contributed by atoms with Gasteiger partial charge >= 0.3 is 5.97 Å². The Hall–Kier alpha value is -0.880. The predicted molar refractivity (Wildman–Crippen MR) is 72.9 cm³/mol. The molecule has 0 radical (unpaired) electrons. The molecule has 0 spiro atoms. The fraction of sp³-hybridized carbons (Fsp3) is 0.500. The Labute approximate surface area is 118 Å². The Morgan fingerprint density at radius 2 is 2.33 bits per heavy atom. The zero-order valence-electron chi connectivity index (χ0n) is 9.76. The van der Waals surface area contributed by atoms with E-state index in [4.69, 9.17) is 5.11 Å². The molecule has 1 aromatic heterocycles. The van der Waals surface area contributed by atoms with Crippen molar-refractivity contribution in [3.05, 3.63) is 20.8 Å². The average Bonchev–Trinajstić information content (AvgIpc) is 2.74. The molecular weight excluding hydrogens is 318 g/mol. The van der Waals surface area contributed by atoms with Gasteiger partial charge in [0.15, 0.2) is 0 Å². The first-order chi connectivity index (χ1) is 8.58. The highest BCUT2D eigenvalue weighted by Crippen LogP contribution is 2.27. The number of nitrogens with zero attached hydrogens (tertiary/aromatic N) is 1. The number of hydrogen-bond donors (Lipinski definition) is 1. The first-order valence-electron chi connectivity index (χ1n) is 5.82. The number of piperidine rings is 1. The summed E-state index contributed by atoms with van der Waals surface area (Å²) in [5.41, 5.74) is 0. The third-order valence-corrected chi connectivity index (χ3v) is 4.91. The molecule has 2 heterocycles. The minimum atomic E-state index is -0.786. The quantitative estimate of drug-likeness (QED) is 0.926. The molecule has 1 N–H and O–H groups in total. The second-order valence-electron chi connectivity index (χ2n) is 4.45. The highest BCUT2D eigenvalue weighted by Gasteiger charge is 2.27. The number of rotatable bonds is 3. The highest BCUT2D eigenvalue weighted by atomic mass is 79.9. The SMILES string of the molecule is O=C(O)CC1CCCN(C(=O)c2sccc2Br)C1. The number of likely N-dealkylation sites (tertiary alicyclic amines) is 1. The second kappa shape index (κ2) is 5.84. The largest absolute Gasteiger partial charge is 0.481 e. The summed E-state index contributed by atoms with van der Waals surface area (Å²) in [6.45, 7) is 1.27. The Kier molecular flexibility index (Phi) is 4.40.